The maximum absolute atomic E-state index is 12.2. The largest absolute Gasteiger partial charge is 0.385 e. The van der Waals surface area contributed by atoms with Crippen molar-refractivity contribution in [2.24, 2.45) is 5.41 Å². The molecule has 2 aromatic rings. The molecule has 4 nitrogen and oxygen atoms in total. The molecule has 0 saturated heterocycles. The fraction of sp³-hybridized carbons (Fsp3) is 0.467. The van der Waals surface area contributed by atoms with Crippen molar-refractivity contribution in [3.8, 4) is 0 Å². The van der Waals surface area contributed by atoms with Gasteiger partial charge < -0.3 is 9.67 Å². The summed E-state index contributed by atoms with van der Waals surface area (Å²) in [5, 5.41) is 9.83. The average Bonchev–Trinajstić information content (AvgIpc) is 2.67. The second kappa shape index (κ2) is 4.78. The molecule has 0 amide bonds. The molecule has 1 atom stereocenters. The molecular formula is C15H20N2O2. The minimum Gasteiger partial charge on any atom is -0.385 e. The fourth-order valence-electron chi connectivity index (χ4n) is 1.96. The zero-order valence-corrected chi connectivity index (χ0v) is 11.8. The van der Waals surface area contributed by atoms with Gasteiger partial charge in [0.2, 0.25) is 0 Å². The van der Waals surface area contributed by atoms with Gasteiger partial charge in [0, 0.05) is 5.41 Å². The van der Waals surface area contributed by atoms with Crippen LogP contribution in [0.3, 0.4) is 0 Å². The van der Waals surface area contributed by atoms with Crippen molar-refractivity contribution >= 4 is 16.8 Å². The third kappa shape index (κ3) is 2.68. The molecule has 0 bridgehead atoms. The molecule has 0 aliphatic carbocycles. The Bertz CT molecular complexity index is 606. The summed E-state index contributed by atoms with van der Waals surface area (Å²) >= 11 is 0. The highest BCUT2D eigenvalue weighted by Crippen LogP contribution is 2.23. The van der Waals surface area contributed by atoms with Crippen molar-refractivity contribution < 1.29 is 9.90 Å². The van der Waals surface area contributed by atoms with Gasteiger partial charge in [-0.1, -0.05) is 32.9 Å². The molecular weight excluding hydrogens is 240 g/mol. The Morgan fingerprint density at radius 2 is 2.00 bits per heavy atom. The van der Waals surface area contributed by atoms with E-state index in [1.165, 1.54) is 0 Å². The molecule has 0 spiro atoms. The predicted octanol–water partition coefficient (Wildman–Crippen LogP) is 2.70. The Labute approximate surface area is 113 Å². The summed E-state index contributed by atoms with van der Waals surface area (Å²) in [6.07, 6.45) is -0.694. The molecule has 0 aliphatic rings. The first kappa shape index (κ1) is 13.7. The molecule has 0 saturated carbocycles. The Morgan fingerprint density at radius 3 is 2.58 bits per heavy atom. The van der Waals surface area contributed by atoms with E-state index in [4.69, 9.17) is 0 Å². The number of hydrogen-bond donors (Lipinski definition) is 1. The minimum absolute atomic E-state index is 0.123. The van der Waals surface area contributed by atoms with Gasteiger partial charge in [-0.05, 0) is 19.1 Å². The molecule has 1 aromatic heterocycles. The van der Waals surface area contributed by atoms with Gasteiger partial charge in [0.05, 0.1) is 17.6 Å². The van der Waals surface area contributed by atoms with Crippen LogP contribution in [-0.2, 0) is 11.3 Å². The SMILES string of the molecule is C[C@@H](O)c1nc2ccccc2n1CC(=O)C(C)(C)C. The zero-order chi connectivity index (χ0) is 14.2. The molecule has 0 aliphatic heterocycles. The lowest BCUT2D eigenvalue weighted by Crippen LogP contribution is -2.26. The number of ketones is 1. The van der Waals surface area contributed by atoms with Crippen molar-refractivity contribution in [1.29, 1.82) is 0 Å². The van der Waals surface area contributed by atoms with E-state index in [0.29, 0.717) is 5.82 Å². The standard InChI is InChI=1S/C15H20N2O2/c1-10(18)14-16-11-7-5-6-8-12(11)17(14)9-13(19)15(2,3)4/h5-8,10,18H,9H2,1-4H3/t10-/m1/s1. The molecule has 0 unspecified atom stereocenters. The number of aromatic nitrogens is 2. The van der Waals surface area contributed by atoms with Crippen LogP contribution in [-0.4, -0.2) is 20.4 Å². The van der Waals surface area contributed by atoms with Crippen LogP contribution in [0.15, 0.2) is 24.3 Å². The van der Waals surface area contributed by atoms with Gasteiger partial charge in [-0.25, -0.2) is 4.98 Å². The summed E-state index contributed by atoms with van der Waals surface area (Å²) in [6.45, 7) is 7.60. The Kier molecular flexibility index (Phi) is 3.45. The smallest absolute Gasteiger partial charge is 0.157 e. The lowest BCUT2D eigenvalue weighted by molar-refractivity contribution is -0.126. The Morgan fingerprint density at radius 1 is 1.37 bits per heavy atom. The number of Topliss-reactive ketones (excluding diaryl/α,β-unsaturated/α-hetero) is 1. The van der Waals surface area contributed by atoms with Crippen molar-refractivity contribution in [3.05, 3.63) is 30.1 Å². The van der Waals surface area contributed by atoms with Gasteiger partial charge in [0.15, 0.2) is 5.78 Å². The maximum atomic E-state index is 12.2. The van der Waals surface area contributed by atoms with E-state index < -0.39 is 11.5 Å². The zero-order valence-electron chi connectivity index (χ0n) is 11.8. The number of aliphatic hydroxyl groups is 1. The van der Waals surface area contributed by atoms with Crippen LogP contribution >= 0.6 is 0 Å². The van der Waals surface area contributed by atoms with Crippen LogP contribution in [0.5, 0.6) is 0 Å². The van der Waals surface area contributed by atoms with Crippen LogP contribution in [0.2, 0.25) is 0 Å². The molecule has 1 N–H and O–H groups in total. The van der Waals surface area contributed by atoms with E-state index >= 15 is 0 Å². The molecule has 19 heavy (non-hydrogen) atoms. The number of benzene rings is 1. The summed E-state index contributed by atoms with van der Waals surface area (Å²) in [5.41, 5.74) is 1.29. The number of fused-ring (bicyclic) bond motifs is 1. The van der Waals surface area contributed by atoms with E-state index in [2.05, 4.69) is 4.98 Å². The monoisotopic (exact) mass is 260 g/mol. The molecule has 102 valence electrons. The molecule has 1 aromatic carbocycles. The molecule has 4 heteroatoms. The third-order valence-electron chi connectivity index (χ3n) is 3.20. The van der Waals surface area contributed by atoms with Crippen molar-refractivity contribution in [2.75, 3.05) is 0 Å². The highest BCUT2D eigenvalue weighted by atomic mass is 16.3. The Balaban J connectivity index is 2.51. The normalized spacial score (nSPS) is 13.7. The van der Waals surface area contributed by atoms with Crippen molar-refractivity contribution in [3.63, 3.8) is 0 Å². The number of imidazole rings is 1. The average molecular weight is 260 g/mol. The van der Waals surface area contributed by atoms with Crippen LogP contribution in [0.25, 0.3) is 11.0 Å². The second-order valence-corrected chi connectivity index (χ2v) is 5.89. The number of aliphatic hydroxyl groups excluding tert-OH is 1. The topological polar surface area (TPSA) is 55.1 Å². The second-order valence-electron chi connectivity index (χ2n) is 5.89. The van der Waals surface area contributed by atoms with Gasteiger partial charge in [0.1, 0.15) is 11.9 Å². The van der Waals surface area contributed by atoms with Gasteiger partial charge in [-0.2, -0.15) is 0 Å². The number of carbonyl (C=O) groups excluding carboxylic acids is 1. The van der Waals surface area contributed by atoms with Crippen LogP contribution in [0, 0.1) is 5.41 Å². The lowest BCUT2D eigenvalue weighted by atomic mass is 9.91. The van der Waals surface area contributed by atoms with E-state index in [1.807, 2.05) is 49.6 Å². The van der Waals surface area contributed by atoms with E-state index in [0.717, 1.165) is 11.0 Å². The summed E-state index contributed by atoms with van der Waals surface area (Å²) in [5.74, 6) is 0.663. The summed E-state index contributed by atoms with van der Waals surface area (Å²) in [4.78, 5) is 16.6. The minimum atomic E-state index is -0.694. The lowest BCUT2D eigenvalue weighted by Gasteiger charge is -2.18. The van der Waals surface area contributed by atoms with Gasteiger partial charge in [0.25, 0.3) is 0 Å². The number of para-hydroxylation sites is 2. The van der Waals surface area contributed by atoms with Gasteiger partial charge >= 0.3 is 0 Å². The number of nitrogens with zero attached hydrogens (tertiary/aromatic N) is 2. The van der Waals surface area contributed by atoms with Crippen molar-refractivity contribution in [2.45, 2.75) is 40.3 Å². The number of carbonyl (C=O) groups is 1. The number of hydrogen-bond acceptors (Lipinski definition) is 3. The van der Waals surface area contributed by atoms with E-state index in [9.17, 15) is 9.90 Å². The fourth-order valence-corrected chi connectivity index (χ4v) is 1.96. The first-order chi connectivity index (χ1) is 8.80. The van der Waals surface area contributed by atoms with Crippen LogP contribution in [0.1, 0.15) is 39.6 Å². The summed E-state index contributed by atoms with van der Waals surface area (Å²) < 4.78 is 1.81. The number of rotatable bonds is 3. The highest BCUT2D eigenvalue weighted by molar-refractivity contribution is 5.85. The highest BCUT2D eigenvalue weighted by Gasteiger charge is 2.24. The van der Waals surface area contributed by atoms with E-state index in [-0.39, 0.29) is 12.3 Å². The predicted molar refractivity (Wildman–Crippen MR) is 74.8 cm³/mol. The maximum Gasteiger partial charge on any atom is 0.157 e. The third-order valence-corrected chi connectivity index (χ3v) is 3.20. The molecule has 0 fully saturated rings. The van der Waals surface area contributed by atoms with Crippen LogP contribution < -0.4 is 0 Å². The van der Waals surface area contributed by atoms with Crippen LogP contribution in [0.4, 0.5) is 0 Å². The summed E-state index contributed by atoms with van der Waals surface area (Å²) in [6, 6.07) is 7.62. The molecule has 1 heterocycles. The first-order valence-electron chi connectivity index (χ1n) is 6.47. The first-order valence-corrected chi connectivity index (χ1v) is 6.47. The van der Waals surface area contributed by atoms with Gasteiger partial charge in [-0.3, -0.25) is 4.79 Å². The Hall–Kier alpha value is -1.68. The summed E-state index contributed by atoms with van der Waals surface area (Å²) in [7, 11) is 0. The van der Waals surface area contributed by atoms with Crippen molar-refractivity contribution in [1.82, 2.24) is 9.55 Å². The quantitative estimate of drug-likeness (QED) is 0.923. The van der Waals surface area contributed by atoms with Gasteiger partial charge in [-0.15, -0.1) is 0 Å². The molecule has 0 radical (unpaired) electrons. The molecule has 2 rings (SSSR count). The van der Waals surface area contributed by atoms with E-state index in [1.54, 1.807) is 6.92 Å².